The summed E-state index contributed by atoms with van der Waals surface area (Å²) in [6.45, 7) is 0. The van der Waals surface area contributed by atoms with Crippen LogP contribution < -0.4 is 0 Å². The molecule has 0 fully saturated rings. The van der Waals surface area contributed by atoms with Gasteiger partial charge in [0, 0.05) is 24.8 Å². The van der Waals surface area contributed by atoms with Crippen molar-refractivity contribution in [2.24, 2.45) is 0 Å². The molecule has 0 saturated carbocycles. The lowest BCUT2D eigenvalue weighted by Crippen LogP contribution is -1.92. The van der Waals surface area contributed by atoms with Crippen LogP contribution in [0.2, 0.25) is 0 Å². The van der Waals surface area contributed by atoms with E-state index in [1.54, 1.807) is 0 Å². The van der Waals surface area contributed by atoms with Gasteiger partial charge in [0.25, 0.3) is 0 Å². The molecule has 0 N–H and O–H groups in total. The standard InChI is InChI=1S/C46H30N2/c1-2-8-36-27-37(22-17-31(36)7-1)38-23-24-43-44(28-38)46(35-20-15-33(16-21-35)40-10-6-26-48-30-40)42-12-4-3-11-41(42)45(43)34-18-13-32(14-19-34)39-9-5-25-47-29-39/h1-30H. The lowest BCUT2D eigenvalue weighted by molar-refractivity contribution is 1.33. The van der Waals surface area contributed by atoms with Gasteiger partial charge in [-0.05, 0) is 112 Å². The topological polar surface area (TPSA) is 25.8 Å². The summed E-state index contributed by atoms with van der Waals surface area (Å²) in [5.41, 5.74) is 11.8. The molecule has 0 aliphatic heterocycles. The summed E-state index contributed by atoms with van der Waals surface area (Å²) in [7, 11) is 0. The van der Waals surface area contributed by atoms with E-state index in [1.165, 1.54) is 65.7 Å². The van der Waals surface area contributed by atoms with Gasteiger partial charge in [-0.3, -0.25) is 9.97 Å². The van der Waals surface area contributed by atoms with Crippen LogP contribution in [-0.2, 0) is 0 Å². The zero-order valence-electron chi connectivity index (χ0n) is 26.2. The Morgan fingerprint density at radius 2 is 0.729 bits per heavy atom. The fraction of sp³-hybridized carbons (Fsp3) is 0. The number of aromatic nitrogens is 2. The average Bonchev–Trinajstić information content (AvgIpc) is 3.17. The van der Waals surface area contributed by atoms with Gasteiger partial charge in [0.15, 0.2) is 0 Å². The lowest BCUT2D eigenvalue weighted by atomic mass is 9.84. The first-order valence-corrected chi connectivity index (χ1v) is 16.3. The van der Waals surface area contributed by atoms with Gasteiger partial charge in [-0.25, -0.2) is 0 Å². The summed E-state index contributed by atoms with van der Waals surface area (Å²) in [6, 6.07) is 57.2. The fourth-order valence-corrected chi connectivity index (χ4v) is 7.07. The highest BCUT2D eigenvalue weighted by atomic mass is 14.6. The summed E-state index contributed by atoms with van der Waals surface area (Å²) < 4.78 is 0. The summed E-state index contributed by atoms with van der Waals surface area (Å²) in [6.07, 6.45) is 7.47. The highest BCUT2D eigenvalue weighted by molar-refractivity contribution is 6.22. The van der Waals surface area contributed by atoms with E-state index in [-0.39, 0.29) is 0 Å². The van der Waals surface area contributed by atoms with Crippen LogP contribution in [0.15, 0.2) is 183 Å². The second-order valence-electron chi connectivity index (χ2n) is 12.3. The molecule has 2 nitrogen and oxygen atoms in total. The van der Waals surface area contributed by atoms with Crippen molar-refractivity contribution in [1.82, 2.24) is 9.97 Å². The minimum absolute atomic E-state index is 1.11. The zero-order chi connectivity index (χ0) is 31.9. The molecular weight excluding hydrogens is 581 g/mol. The average molecular weight is 611 g/mol. The molecule has 0 amide bonds. The van der Waals surface area contributed by atoms with Crippen molar-refractivity contribution < 1.29 is 0 Å². The molecule has 0 aliphatic rings. The molecule has 2 heteroatoms. The third-order valence-electron chi connectivity index (χ3n) is 9.44. The van der Waals surface area contributed by atoms with E-state index in [2.05, 4.69) is 156 Å². The molecule has 224 valence electrons. The van der Waals surface area contributed by atoms with Gasteiger partial charge in [-0.15, -0.1) is 0 Å². The van der Waals surface area contributed by atoms with E-state index >= 15 is 0 Å². The molecule has 0 unspecified atom stereocenters. The molecule has 2 heterocycles. The molecule has 0 spiro atoms. The highest BCUT2D eigenvalue weighted by Crippen LogP contribution is 2.45. The minimum atomic E-state index is 1.11. The first-order valence-electron chi connectivity index (χ1n) is 16.3. The largest absolute Gasteiger partial charge is 0.264 e. The maximum Gasteiger partial charge on any atom is 0.0346 e. The van der Waals surface area contributed by atoms with E-state index < -0.39 is 0 Å². The Kier molecular flexibility index (Phi) is 6.84. The number of rotatable bonds is 5. The van der Waals surface area contributed by atoms with Gasteiger partial charge in [0.05, 0.1) is 0 Å². The molecular formula is C46H30N2. The molecule has 48 heavy (non-hydrogen) atoms. The van der Waals surface area contributed by atoms with Crippen LogP contribution in [0, 0.1) is 0 Å². The predicted octanol–water partition coefficient (Wildman–Crippen LogP) is 12.3. The number of hydrogen-bond acceptors (Lipinski definition) is 2. The Morgan fingerprint density at radius 3 is 1.31 bits per heavy atom. The third kappa shape index (κ3) is 4.92. The monoisotopic (exact) mass is 610 g/mol. The Hall–Kier alpha value is -6.38. The predicted molar refractivity (Wildman–Crippen MR) is 202 cm³/mol. The molecule has 0 radical (unpaired) electrons. The van der Waals surface area contributed by atoms with Crippen LogP contribution in [0.3, 0.4) is 0 Å². The number of benzene rings is 7. The van der Waals surface area contributed by atoms with Gasteiger partial charge in [-0.2, -0.15) is 0 Å². The summed E-state index contributed by atoms with van der Waals surface area (Å²) in [5, 5.41) is 7.44. The summed E-state index contributed by atoms with van der Waals surface area (Å²) in [4.78, 5) is 8.67. The normalized spacial score (nSPS) is 11.3. The van der Waals surface area contributed by atoms with Gasteiger partial charge in [0.2, 0.25) is 0 Å². The first-order chi connectivity index (χ1) is 23.8. The van der Waals surface area contributed by atoms with Crippen molar-refractivity contribution in [3.8, 4) is 55.6 Å². The molecule has 9 aromatic rings. The number of pyridine rings is 2. The van der Waals surface area contributed by atoms with Crippen molar-refractivity contribution in [3.63, 3.8) is 0 Å². The molecule has 2 aromatic heterocycles. The molecule has 0 saturated heterocycles. The fourth-order valence-electron chi connectivity index (χ4n) is 7.07. The lowest BCUT2D eigenvalue weighted by Gasteiger charge is -2.19. The van der Waals surface area contributed by atoms with Gasteiger partial charge in [-0.1, -0.05) is 133 Å². The number of hydrogen-bond donors (Lipinski definition) is 0. The minimum Gasteiger partial charge on any atom is -0.264 e. The Balaban J connectivity index is 1.29. The third-order valence-corrected chi connectivity index (χ3v) is 9.44. The van der Waals surface area contributed by atoms with Gasteiger partial charge < -0.3 is 0 Å². The van der Waals surface area contributed by atoms with E-state index in [4.69, 9.17) is 0 Å². The number of nitrogens with zero attached hydrogens (tertiary/aromatic N) is 2. The molecule has 0 atom stereocenters. The molecule has 7 aromatic carbocycles. The van der Waals surface area contributed by atoms with Crippen LogP contribution in [0.25, 0.3) is 88.0 Å². The van der Waals surface area contributed by atoms with Crippen LogP contribution in [-0.4, -0.2) is 9.97 Å². The SMILES string of the molecule is c1cncc(-c2ccc(-c3c4ccccc4c(-c4ccc(-c5cccnc5)cc4)c4cc(-c5ccc6ccccc6c5)ccc34)cc2)c1. The summed E-state index contributed by atoms with van der Waals surface area (Å²) in [5.74, 6) is 0. The van der Waals surface area contributed by atoms with Crippen molar-refractivity contribution in [1.29, 1.82) is 0 Å². The quantitative estimate of drug-likeness (QED) is 0.181. The second kappa shape index (κ2) is 11.8. The molecule has 0 bridgehead atoms. The van der Waals surface area contributed by atoms with Crippen LogP contribution in [0.4, 0.5) is 0 Å². The van der Waals surface area contributed by atoms with E-state index in [0.29, 0.717) is 0 Å². The van der Waals surface area contributed by atoms with Crippen molar-refractivity contribution in [2.45, 2.75) is 0 Å². The second-order valence-corrected chi connectivity index (χ2v) is 12.3. The van der Waals surface area contributed by atoms with Crippen molar-refractivity contribution in [2.75, 3.05) is 0 Å². The molecule has 0 aliphatic carbocycles. The smallest absolute Gasteiger partial charge is 0.0346 e. The Morgan fingerprint density at radius 1 is 0.271 bits per heavy atom. The van der Waals surface area contributed by atoms with Gasteiger partial charge in [0.1, 0.15) is 0 Å². The molecule has 9 rings (SSSR count). The first kappa shape index (κ1) is 27.9. The van der Waals surface area contributed by atoms with E-state index in [9.17, 15) is 0 Å². The summed E-state index contributed by atoms with van der Waals surface area (Å²) >= 11 is 0. The Bertz CT molecular complexity index is 2570. The highest BCUT2D eigenvalue weighted by Gasteiger charge is 2.18. The van der Waals surface area contributed by atoms with Crippen LogP contribution in [0.1, 0.15) is 0 Å². The zero-order valence-corrected chi connectivity index (χ0v) is 26.2. The van der Waals surface area contributed by atoms with E-state index in [1.807, 2.05) is 36.9 Å². The van der Waals surface area contributed by atoms with Gasteiger partial charge >= 0.3 is 0 Å². The van der Waals surface area contributed by atoms with Crippen molar-refractivity contribution in [3.05, 3.63) is 183 Å². The van der Waals surface area contributed by atoms with E-state index in [0.717, 1.165) is 22.3 Å². The van der Waals surface area contributed by atoms with Crippen molar-refractivity contribution >= 4 is 32.3 Å². The number of fused-ring (bicyclic) bond motifs is 3. The maximum atomic E-state index is 4.34. The Labute approximate surface area is 279 Å². The maximum absolute atomic E-state index is 4.34. The van der Waals surface area contributed by atoms with Crippen LogP contribution in [0.5, 0.6) is 0 Å². The van der Waals surface area contributed by atoms with Crippen LogP contribution >= 0.6 is 0 Å².